The van der Waals surface area contributed by atoms with Gasteiger partial charge in [-0.1, -0.05) is 60.7 Å². The minimum Gasteiger partial charge on any atom is -0.348 e. The second-order valence-electron chi connectivity index (χ2n) is 9.10. The monoisotopic (exact) mass is 534 g/mol. The summed E-state index contributed by atoms with van der Waals surface area (Å²) in [6.07, 6.45) is -3.26. The molecule has 0 atom stereocenters. The predicted molar refractivity (Wildman–Crippen MR) is 142 cm³/mol. The van der Waals surface area contributed by atoms with E-state index in [4.69, 9.17) is 0 Å². The molecule has 1 aromatic heterocycles. The summed E-state index contributed by atoms with van der Waals surface area (Å²) >= 11 is 0. The van der Waals surface area contributed by atoms with Crippen LogP contribution in [0.1, 0.15) is 22.7 Å². The number of hydrogen-bond donors (Lipinski definition) is 1. The minimum atomic E-state index is -4.48. The Balaban J connectivity index is 1.37. The third-order valence-electron chi connectivity index (χ3n) is 6.67. The third kappa shape index (κ3) is 5.83. The fourth-order valence-electron chi connectivity index (χ4n) is 4.82. The van der Waals surface area contributed by atoms with Gasteiger partial charge in [0.25, 0.3) is 0 Å². The Labute approximate surface area is 222 Å². The van der Waals surface area contributed by atoms with Crippen LogP contribution in [0, 0.1) is 10.1 Å². The fourth-order valence-corrected chi connectivity index (χ4v) is 4.82. The van der Waals surface area contributed by atoms with Crippen LogP contribution in [0.15, 0.2) is 91.3 Å². The normalized spacial score (nSPS) is 14.4. The van der Waals surface area contributed by atoms with Gasteiger partial charge >= 0.3 is 11.9 Å². The fraction of sp³-hybridized carbons (Fsp3) is 0.214. The van der Waals surface area contributed by atoms with Crippen LogP contribution in [-0.2, 0) is 6.18 Å². The van der Waals surface area contributed by atoms with Crippen molar-refractivity contribution in [1.82, 2.24) is 14.9 Å². The quantitative estimate of drug-likeness (QED) is 0.228. The minimum absolute atomic E-state index is 0.0341. The molecule has 11 heteroatoms. The number of aromatic nitrogens is 2. The third-order valence-corrected chi connectivity index (χ3v) is 6.67. The maximum absolute atomic E-state index is 12.9. The number of piperazine rings is 1. The van der Waals surface area contributed by atoms with Crippen LogP contribution >= 0.6 is 0 Å². The molecule has 0 radical (unpaired) electrons. The average Bonchev–Trinajstić information content (AvgIpc) is 2.94. The van der Waals surface area contributed by atoms with Gasteiger partial charge in [0.2, 0.25) is 11.6 Å². The van der Waals surface area contributed by atoms with Crippen molar-refractivity contribution >= 4 is 23.0 Å². The standard InChI is InChI=1S/C28H25F3N6O2/c29-28(30,31)22-11-13-23(14-12-22)34-26-25(37(38)39)27(33-19-32-26)36-17-15-35(16-18-36)24(20-7-3-1-4-8-20)21-9-5-2-6-10-21/h1-14,19,24H,15-18H2,(H,32,33,34). The number of nitro groups is 1. The van der Waals surface area contributed by atoms with Gasteiger partial charge in [0.1, 0.15) is 6.33 Å². The molecule has 0 aliphatic carbocycles. The summed E-state index contributed by atoms with van der Waals surface area (Å²) in [4.78, 5) is 24.0. The number of anilines is 3. The van der Waals surface area contributed by atoms with Crippen molar-refractivity contribution in [3.8, 4) is 0 Å². The van der Waals surface area contributed by atoms with E-state index in [1.165, 1.54) is 18.5 Å². The Morgan fingerprint density at radius 1 is 0.821 bits per heavy atom. The van der Waals surface area contributed by atoms with Gasteiger partial charge in [-0.2, -0.15) is 13.2 Å². The lowest BCUT2D eigenvalue weighted by Crippen LogP contribution is -2.48. The summed E-state index contributed by atoms with van der Waals surface area (Å²) in [5.74, 6) is 0.0821. The Morgan fingerprint density at radius 2 is 1.38 bits per heavy atom. The summed E-state index contributed by atoms with van der Waals surface area (Å²) in [6, 6.07) is 24.7. The van der Waals surface area contributed by atoms with Gasteiger partial charge in [0, 0.05) is 31.9 Å². The number of nitrogens with one attached hydrogen (secondary N) is 1. The first kappa shape index (κ1) is 26.1. The van der Waals surface area contributed by atoms with Crippen LogP contribution in [0.25, 0.3) is 0 Å². The zero-order chi connectivity index (χ0) is 27.4. The number of nitrogens with zero attached hydrogens (tertiary/aromatic N) is 5. The van der Waals surface area contributed by atoms with Crippen molar-refractivity contribution in [2.24, 2.45) is 0 Å². The zero-order valence-electron chi connectivity index (χ0n) is 20.8. The molecular formula is C28H25F3N6O2. The summed E-state index contributed by atoms with van der Waals surface area (Å²) in [5, 5.41) is 14.9. The molecule has 0 spiro atoms. The number of halogens is 3. The topological polar surface area (TPSA) is 87.4 Å². The van der Waals surface area contributed by atoms with E-state index >= 15 is 0 Å². The lowest BCUT2D eigenvalue weighted by Gasteiger charge is -2.40. The Kier molecular flexibility index (Phi) is 7.42. The second-order valence-corrected chi connectivity index (χ2v) is 9.10. The average molecular weight is 535 g/mol. The van der Waals surface area contributed by atoms with Crippen LogP contribution in [0.2, 0.25) is 0 Å². The lowest BCUT2D eigenvalue weighted by atomic mass is 9.96. The first-order chi connectivity index (χ1) is 18.8. The van der Waals surface area contributed by atoms with Crippen LogP contribution < -0.4 is 10.2 Å². The van der Waals surface area contributed by atoms with E-state index in [1.54, 1.807) is 0 Å². The first-order valence-electron chi connectivity index (χ1n) is 12.3. The number of benzene rings is 3. The largest absolute Gasteiger partial charge is 0.416 e. The molecule has 0 unspecified atom stereocenters. The molecule has 0 amide bonds. The number of alkyl halides is 3. The maximum atomic E-state index is 12.9. The van der Waals surface area contributed by atoms with Gasteiger partial charge in [-0.25, -0.2) is 9.97 Å². The molecular weight excluding hydrogens is 509 g/mol. The molecule has 2 heterocycles. The zero-order valence-corrected chi connectivity index (χ0v) is 20.8. The van der Waals surface area contributed by atoms with E-state index in [1.807, 2.05) is 41.3 Å². The van der Waals surface area contributed by atoms with Crippen molar-refractivity contribution < 1.29 is 18.1 Å². The van der Waals surface area contributed by atoms with Crippen molar-refractivity contribution in [1.29, 1.82) is 0 Å². The van der Waals surface area contributed by atoms with E-state index in [2.05, 4.69) is 44.5 Å². The molecule has 200 valence electrons. The molecule has 5 rings (SSSR count). The Morgan fingerprint density at radius 3 is 1.90 bits per heavy atom. The van der Waals surface area contributed by atoms with Crippen molar-refractivity contribution in [3.05, 3.63) is 118 Å². The van der Waals surface area contributed by atoms with E-state index < -0.39 is 16.7 Å². The van der Waals surface area contributed by atoms with Crippen molar-refractivity contribution in [2.45, 2.75) is 12.2 Å². The first-order valence-corrected chi connectivity index (χ1v) is 12.3. The van der Waals surface area contributed by atoms with E-state index in [-0.39, 0.29) is 29.1 Å². The van der Waals surface area contributed by atoms with E-state index in [9.17, 15) is 23.3 Å². The van der Waals surface area contributed by atoms with Crippen molar-refractivity contribution in [3.63, 3.8) is 0 Å². The number of hydrogen-bond acceptors (Lipinski definition) is 7. The van der Waals surface area contributed by atoms with Gasteiger partial charge in [-0.3, -0.25) is 15.0 Å². The molecule has 1 aliphatic heterocycles. The molecule has 39 heavy (non-hydrogen) atoms. The SMILES string of the molecule is O=[N+]([O-])c1c(Nc2ccc(C(F)(F)F)cc2)ncnc1N1CCN(C(c2ccccc2)c2ccccc2)CC1. The molecule has 0 bridgehead atoms. The molecule has 0 saturated carbocycles. The highest BCUT2D eigenvalue weighted by atomic mass is 19.4. The van der Waals surface area contributed by atoms with Gasteiger partial charge < -0.3 is 10.2 Å². The van der Waals surface area contributed by atoms with Gasteiger partial charge in [-0.15, -0.1) is 0 Å². The smallest absolute Gasteiger partial charge is 0.348 e. The summed E-state index contributed by atoms with van der Waals surface area (Å²) in [5.41, 5.74) is 1.43. The van der Waals surface area contributed by atoms with Crippen molar-refractivity contribution in [2.75, 3.05) is 36.4 Å². The molecule has 1 saturated heterocycles. The van der Waals surface area contributed by atoms with E-state index in [0.717, 1.165) is 23.3 Å². The second kappa shape index (κ2) is 11.1. The Bertz CT molecular complexity index is 1370. The molecule has 1 fully saturated rings. The van der Waals surface area contributed by atoms with E-state index in [0.29, 0.717) is 26.2 Å². The van der Waals surface area contributed by atoms with Crippen LogP contribution in [-0.4, -0.2) is 46.0 Å². The van der Waals surface area contributed by atoms with Crippen LogP contribution in [0.4, 0.5) is 36.2 Å². The summed E-state index contributed by atoms with van der Waals surface area (Å²) in [7, 11) is 0. The molecule has 1 aliphatic rings. The highest BCUT2D eigenvalue weighted by Crippen LogP contribution is 2.36. The number of rotatable bonds is 7. The van der Waals surface area contributed by atoms with Gasteiger partial charge in [-0.05, 0) is 35.4 Å². The summed E-state index contributed by atoms with van der Waals surface area (Å²) in [6.45, 7) is 2.26. The highest BCUT2D eigenvalue weighted by molar-refractivity contribution is 5.74. The predicted octanol–water partition coefficient (Wildman–Crippen LogP) is 6.06. The molecule has 1 N–H and O–H groups in total. The lowest BCUT2D eigenvalue weighted by molar-refractivity contribution is -0.383. The molecule has 3 aromatic carbocycles. The van der Waals surface area contributed by atoms with Gasteiger partial charge in [0.05, 0.1) is 16.5 Å². The van der Waals surface area contributed by atoms with Crippen LogP contribution in [0.3, 0.4) is 0 Å². The Hall–Kier alpha value is -4.51. The molecule has 8 nitrogen and oxygen atoms in total. The van der Waals surface area contributed by atoms with Crippen LogP contribution in [0.5, 0.6) is 0 Å². The highest BCUT2D eigenvalue weighted by Gasteiger charge is 2.33. The van der Waals surface area contributed by atoms with Gasteiger partial charge in [0.15, 0.2) is 0 Å². The maximum Gasteiger partial charge on any atom is 0.416 e. The summed E-state index contributed by atoms with van der Waals surface area (Å²) < 4.78 is 38.7. The molecule has 4 aromatic rings.